The third kappa shape index (κ3) is 1.48. The van der Waals surface area contributed by atoms with E-state index < -0.39 is 0 Å². The maximum atomic E-state index is 6.29. The summed E-state index contributed by atoms with van der Waals surface area (Å²) < 4.78 is 0. The standard InChI is InChI=1S/C11H18N2S/c1-7-9(13-8(2)14-7)10(12)11(3)5-4-6-11/h10H,4-6,12H2,1-3H3. The van der Waals surface area contributed by atoms with Crippen LogP contribution >= 0.6 is 11.3 Å². The van der Waals surface area contributed by atoms with Crippen LogP contribution in [0.3, 0.4) is 0 Å². The smallest absolute Gasteiger partial charge is 0.0900 e. The van der Waals surface area contributed by atoms with E-state index in [1.807, 2.05) is 0 Å². The molecule has 1 aromatic rings. The Morgan fingerprint density at radius 2 is 2.07 bits per heavy atom. The number of rotatable bonds is 2. The molecule has 1 unspecified atom stereocenters. The molecule has 0 aromatic carbocycles. The van der Waals surface area contributed by atoms with Gasteiger partial charge in [-0.25, -0.2) is 4.98 Å². The zero-order valence-electron chi connectivity index (χ0n) is 9.13. The summed E-state index contributed by atoms with van der Waals surface area (Å²) in [6.45, 7) is 6.47. The fourth-order valence-corrected chi connectivity index (χ4v) is 3.07. The molecule has 0 radical (unpaired) electrons. The summed E-state index contributed by atoms with van der Waals surface area (Å²) >= 11 is 1.76. The number of hydrogen-bond donors (Lipinski definition) is 1. The van der Waals surface area contributed by atoms with E-state index in [9.17, 15) is 0 Å². The van der Waals surface area contributed by atoms with Gasteiger partial charge in [0.25, 0.3) is 0 Å². The summed E-state index contributed by atoms with van der Waals surface area (Å²) in [7, 11) is 0. The van der Waals surface area contributed by atoms with Crippen LogP contribution in [0.2, 0.25) is 0 Å². The van der Waals surface area contributed by atoms with Crippen molar-refractivity contribution in [1.29, 1.82) is 0 Å². The van der Waals surface area contributed by atoms with Gasteiger partial charge in [0.1, 0.15) is 0 Å². The Labute approximate surface area is 89.5 Å². The minimum absolute atomic E-state index is 0.140. The van der Waals surface area contributed by atoms with Crippen molar-refractivity contribution >= 4 is 11.3 Å². The van der Waals surface area contributed by atoms with Crippen molar-refractivity contribution in [3.05, 3.63) is 15.6 Å². The highest BCUT2D eigenvalue weighted by atomic mass is 32.1. The van der Waals surface area contributed by atoms with Gasteiger partial charge >= 0.3 is 0 Å². The zero-order valence-corrected chi connectivity index (χ0v) is 9.95. The molecule has 2 rings (SSSR count). The van der Waals surface area contributed by atoms with Gasteiger partial charge in [-0.2, -0.15) is 0 Å². The molecule has 1 heterocycles. The minimum Gasteiger partial charge on any atom is -0.322 e. The topological polar surface area (TPSA) is 38.9 Å². The van der Waals surface area contributed by atoms with Gasteiger partial charge in [0, 0.05) is 4.88 Å². The second-order valence-corrected chi connectivity index (χ2v) is 6.07. The minimum atomic E-state index is 0.140. The number of nitrogens with two attached hydrogens (primary N) is 1. The summed E-state index contributed by atoms with van der Waals surface area (Å²) in [6.07, 6.45) is 3.83. The summed E-state index contributed by atoms with van der Waals surface area (Å²) in [5, 5.41) is 1.14. The summed E-state index contributed by atoms with van der Waals surface area (Å²) in [4.78, 5) is 5.85. The first kappa shape index (κ1) is 10.1. The van der Waals surface area contributed by atoms with E-state index in [2.05, 4.69) is 25.8 Å². The third-order valence-corrected chi connectivity index (χ3v) is 4.38. The molecule has 2 N–H and O–H groups in total. The van der Waals surface area contributed by atoms with Gasteiger partial charge in [-0.15, -0.1) is 11.3 Å². The highest BCUT2D eigenvalue weighted by molar-refractivity contribution is 7.11. The summed E-state index contributed by atoms with van der Waals surface area (Å²) in [5.74, 6) is 0. The number of hydrogen-bond acceptors (Lipinski definition) is 3. The monoisotopic (exact) mass is 210 g/mol. The van der Waals surface area contributed by atoms with Crippen LogP contribution in [0, 0.1) is 19.3 Å². The first-order chi connectivity index (χ1) is 6.53. The SMILES string of the molecule is Cc1nc(C(N)C2(C)CCC2)c(C)s1. The predicted molar refractivity (Wildman–Crippen MR) is 60.5 cm³/mol. The molecule has 0 spiro atoms. The summed E-state index contributed by atoms with van der Waals surface area (Å²) in [5.41, 5.74) is 7.74. The maximum absolute atomic E-state index is 6.29. The third-order valence-electron chi connectivity index (χ3n) is 3.48. The van der Waals surface area contributed by atoms with E-state index in [0.717, 1.165) is 10.7 Å². The van der Waals surface area contributed by atoms with Crippen molar-refractivity contribution in [3.63, 3.8) is 0 Å². The van der Waals surface area contributed by atoms with Crippen molar-refractivity contribution < 1.29 is 0 Å². The second kappa shape index (κ2) is 3.31. The van der Waals surface area contributed by atoms with Crippen molar-refractivity contribution in [2.75, 3.05) is 0 Å². The van der Waals surface area contributed by atoms with Gasteiger partial charge in [0.15, 0.2) is 0 Å². The van der Waals surface area contributed by atoms with Crippen LogP contribution in [0.15, 0.2) is 0 Å². The van der Waals surface area contributed by atoms with E-state index in [0.29, 0.717) is 5.41 Å². The van der Waals surface area contributed by atoms with Gasteiger partial charge in [-0.05, 0) is 32.1 Å². The quantitative estimate of drug-likeness (QED) is 0.815. The van der Waals surface area contributed by atoms with E-state index in [4.69, 9.17) is 5.73 Å². The fraction of sp³-hybridized carbons (Fsp3) is 0.727. The van der Waals surface area contributed by atoms with Gasteiger partial charge in [-0.3, -0.25) is 0 Å². The molecular weight excluding hydrogens is 192 g/mol. The molecule has 1 aliphatic rings. The number of thiazole rings is 1. The Morgan fingerprint density at radius 3 is 2.43 bits per heavy atom. The lowest BCUT2D eigenvalue weighted by Gasteiger charge is -2.42. The Morgan fingerprint density at radius 1 is 1.43 bits per heavy atom. The molecule has 0 aliphatic heterocycles. The molecule has 3 heteroatoms. The van der Waals surface area contributed by atoms with Crippen molar-refractivity contribution in [1.82, 2.24) is 4.98 Å². The van der Waals surface area contributed by atoms with Crippen LogP contribution in [0.25, 0.3) is 0 Å². The lowest BCUT2D eigenvalue weighted by Crippen LogP contribution is -2.38. The van der Waals surface area contributed by atoms with E-state index in [-0.39, 0.29) is 6.04 Å². The molecule has 0 saturated heterocycles. The van der Waals surface area contributed by atoms with Crippen molar-refractivity contribution in [2.45, 2.75) is 46.1 Å². The highest BCUT2D eigenvalue weighted by Gasteiger charge is 2.40. The Kier molecular flexibility index (Phi) is 2.40. The molecule has 2 nitrogen and oxygen atoms in total. The molecule has 1 aromatic heterocycles. The Balaban J connectivity index is 2.26. The second-order valence-electron chi connectivity index (χ2n) is 4.66. The average molecular weight is 210 g/mol. The van der Waals surface area contributed by atoms with Crippen molar-refractivity contribution in [2.24, 2.45) is 11.1 Å². The highest BCUT2D eigenvalue weighted by Crippen LogP contribution is 2.49. The van der Waals surface area contributed by atoms with Crippen LogP contribution in [0.4, 0.5) is 0 Å². The maximum Gasteiger partial charge on any atom is 0.0900 e. The average Bonchev–Trinajstić information content (AvgIpc) is 2.40. The Bertz CT molecular complexity index is 339. The first-order valence-electron chi connectivity index (χ1n) is 5.22. The van der Waals surface area contributed by atoms with Gasteiger partial charge in [-0.1, -0.05) is 13.3 Å². The molecular formula is C11H18N2S. The molecule has 1 saturated carbocycles. The van der Waals surface area contributed by atoms with E-state index in [1.165, 1.54) is 24.1 Å². The van der Waals surface area contributed by atoms with Crippen LogP contribution in [0.1, 0.15) is 47.8 Å². The largest absolute Gasteiger partial charge is 0.322 e. The van der Waals surface area contributed by atoms with Crippen molar-refractivity contribution in [3.8, 4) is 0 Å². The summed E-state index contributed by atoms with van der Waals surface area (Å²) in [6, 6.07) is 0.140. The van der Waals surface area contributed by atoms with Gasteiger partial charge in [0.05, 0.1) is 16.7 Å². The molecule has 14 heavy (non-hydrogen) atoms. The fourth-order valence-electron chi connectivity index (χ4n) is 2.21. The van der Waals surface area contributed by atoms with Gasteiger partial charge in [0.2, 0.25) is 0 Å². The van der Waals surface area contributed by atoms with E-state index in [1.54, 1.807) is 11.3 Å². The first-order valence-corrected chi connectivity index (χ1v) is 6.04. The number of aromatic nitrogens is 1. The lowest BCUT2D eigenvalue weighted by molar-refractivity contribution is 0.117. The van der Waals surface area contributed by atoms with Gasteiger partial charge < -0.3 is 5.73 Å². The lowest BCUT2D eigenvalue weighted by atomic mass is 9.65. The molecule has 0 amide bonds. The Hall–Kier alpha value is -0.410. The molecule has 0 bridgehead atoms. The molecule has 1 atom stereocenters. The van der Waals surface area contributed by atoms with Crippen LogP contribution in [-0.2, 0) is 0 Å². The predicted octanol–water partition coefficient (Wildman–Crippen LogP) is 2.95. The van der Waals surface area contributed by atoms with Crippen LogP contribution < -0.4 is 5.73 Å². The number of nitrogens with zero attached hydrogens (tertiary/aromatic N) is 1. The zero-order chi connectivity index (χ0) is 10.3. The molecule has 1 fully saturated rings. The number of aryl methyl sites for hydroxylation is 2. The molecule has 1 aliphatic carbocycles. The molecule has 78 valence electrons. The van der Waals surface area contributed by atoms with Crippen LogP contribution in [0.5, 0.6) is 0 Å². The van der Waals surface area contributed by atoms with Crippen LogP contribution in [-0.4, -0.2) is 4.98 Å². The normalized spacial score (nSPS) is 21.7. The van der Waals surface area contributed by atoms with E-state index >= 15 is 0 Å².